The topological polar surface area (TPSA) is 61.8 Å². The minimum Gasteiger partial charge on any atom is -0.381 e. The van der Waals surface area contributed by atoms with Crippen molar-refractivity contribution in [2.45, 2.75) is 19.3 Å². The molecule has 0 bridgehead atoms. The normalized spacial score (nSPS) is 18.0. The molecular weight excluding hydrogens is 290 g/mol. The molecule has 1 fully saturated rings. The molecule has 0 spiro atoms. The van der Waals surface area contributed by atoms with E-state index in [1.54, 1.807) is 6.20 Å². The molecule has 2 N–H and O–H groups in total. The van der Waals surface area contributed by atoms with Gasteiger partial charge in [0.1, 0.15) is 5.82 Å². The van der Waals surface area contributed by atoms with Gasteiger partial charge in [0.15, 0.2) is 5.96 Å². The third-order valence-corrected chi connectivity index (χ3v) is 3.99. The van der Waals surface area contributed by atoms with E-state index in [4.69, 9.17) is 4.74 Å². The van der Waals surface area contributed by atoms with Crippen LogP contribution in [0.1, 0.15) is 19.3 Å². The van der Waals surface area contributed by atoms with Gasteiger partial charge >= 0.3 is 0 Å². The summed E-state index contributed by atoms with van der Waals surface area (Å²) in [5.41, 5.74) is 0. The van der Waals surface area contributed by atoms with Crippen LogP contribution < -0.4 is 10.6 Å². The zero-order chi connectivity index (χ0) is 16.3. The van der Waals surface area contributed by atoms with Crippen molar-refractivity contribution in [1.82, 2.24) is 15.2 Å². The number of ether oxygens (including phenoxy) is 1. The largest absolute Gasteiger partial charge is 0.381 e. The Morgan fingerprint density at radius 2 is 2.26 bits per heavy atom. The number of guanidine groups is 1. The molecule has 23 heavy (non-hydrogen) atoms. The molecule has 1 aliphatic rings. The monoisotopic (exact) mass is 319 g/mol. The Labute approximate surface area is 139 Å². The molecule has 2 heterocycles. The molecule has 0 amide bonds. The van der Waals surface area contributed by atoms with E-state index in [0.29, 0.717) is 5.92 Å². The van der Waals surface area contributed by atoms with Gasteiger partial charge in [-0.2, -0.15) is 0 Å². The van der Waals surface area contributed by atoms with Crippen LogP contribution in [0.3, 0.4) is 0 Å². The predicted octanol–water partition coefficient (Wildman–Crippen LogP) is 1.82. The fourth-order valence-electron chi connectivity index (χ4n) is 2.72. The first-order valence-corrected chi connectivity index (χ1v) is 8.44. The number of unbranched alkanes of at least 4 members (excludes halogenated alkanes) is 1. The van der Waals surface area contributed by atoms with Gasteiger partial charge in [-0.05, 0) is 31.4 Å². The van der Waals surface area contributed by atoms with Crippen LogP contribution in [0.15, 0.2) is 29.4 Å². The highest BCUT2D eigenvalue weighted by molar-refractivity contribution is 5.79. The number of pyridine rings is 1. The Hall–Kier alpha value is -1.82. The number of rotatable bonds is 8. The molecule has 0 aromatic carbocycles. The maximum absolute atomic E-state index is 5.43. The lowest BCUT2D eigenvalue weighted by Crippen LogP contribution is -2.41. The Kier molecular flexibility index (Phi) is 7.66. The van der Waals surface area contributed by atoms with Gasteiger partial charge in [-0.3, -0.25) is 4.99 Å². The molecular formula is C17H29N5O. The molecule has 128 valence electrons. The number of nitrogens with one attached hydrogen (secondary N) is 2. The van der Waals surface area contributed by atoms with Crippen LogP contribution in [-0.2, 0) is 4.74 Å². The molecule has 1 aliphatic heterocycles. The molecule has 1 atom stereocenters. The summed E-state index contributed by atoms with van der Waals surface area (Å²) in [5.74, 6) is 2.53. The second-order valence-corrected chi connectivity index (χ2v) is 5.93. The molecule has 1 saturated heterocycles. The van der Waals surface area contributed by atoms with E-state index in [2.05, 4.69) is 32.6 Å². The fraction of sp³-hybridized carbons (Fsp3) is 0.647. The van der Waals surface area contributed by atoms with Gasteiger partial charge in [0.05, 0.1) is 6.61 Å². The van der Waals surface area contributed by atoms with E-state index < -0.39 is 0 Å². The van der Waals surface area contributed by atoms with Crippen LogP contribution in [0.5, 0.6) is 0 Å². The first-order valence-electron chi connectivity index (χ1n) is 8.44. The smallest absolute Gasteiger partial charge is 0.193 e. The van der Waals surface area contributed by atoms with Crippen molar-refractivity contribution in [1.29, 1.82) is 0 Å². The number of hydrogen-bond donors (Lipinski definition) is 2. The summed E-state index contributed by atoms with van der Waals surface area (Å²) < 4.78 is 5.43. The van der Waals surface area contributed by atoms with Crippen LogP contribution in [0.25, 0.3) is 0 Å². The summed E-state index contributed by atoms with van der Waals surface area (Å²) in [7, 11) is 3.93. The number of nitrogens with zero attached hydrogens (tertiary/aromatic N) is 3. The van der Waals surface area contributed by atoms with Gasteiger partial charge in [-0.25, -0.2) is 4.98 Å². The summed E-state index contributed by atoms with van der Waals surface area (Å²) >= 11 is 0. The van der Waals surface area contributed by atoms with E-state index in [1.165, 1.54) is 0 Å². The highest BCUT2D eigenvalue weighted by Gasteiger charge is 2.18. The first-order chi connectivity index (χ1) is 11.3. The molecule has 1 aromatic rings. The Morgan fingerprint density at radius 3 is 2.96 bits per heavy atom. The van der Waals surface area contributed by atoms with Crippen molar-refractivity contribution in [2.24, 2.45) is 10.9 Å². The van der Waals surface area contributed by atoms with E-state index in [-0.39, 0.29) is 0 Å². The van der Waals surface area contributed by atoms with Crippen molar-refractivity contribution in [3.05, 3.63) is 24.4 Å². The molecule has 0 aliphatic carbocycles. The summed E-state index contributed by atoms with van der Waals surface area (Å²) in [6.07, 6.45) is 5.15. The Bertz CT molecular complexity index is 459. The summed E-state index contributed by atoms with van der Waals surface area (Å²) in [6.45, 7) is 4.64. The van der Waals surface area contributed by atoms with Gasteiger partial charge in [-0.1, -0.05) is 6.07 Å². The molecule has 0 saturated carbocycles. The van der Waals surface area contributed by atoms with Crippen LogP contribution in [0.2, 0.25) is 0 Å². The van der Waals surface area contributed by atoms with Gasteiger partial charge in [0.25, 0.3) is 0 Å². The first kappa shape index (κ1) is 17.5. The minimum atomic E-state index is 0.626. The highest BCUT2D eigenvalue weighted by Crippen LogP contribution is 2.13. The summed E-state index contributed by atoms with van der Waals surface area (Å²) in [4.78, 5) is 10.8. The molecule has 6 nitrogen and oxygen atoms in total. The zero-order valence-electron chi connectivity index (χ0n) is 14.3. The van der Waals surface area contributed by atoms with Gasteiger partial charge in [-0.15, -0.1) is 0 Å². The third-order valence-electron chi connectivity index (χ3n) is 3.99. The second-order valence-electron chi connectivity index (χ2n) is 5.93. The SMILES string of the molecule is CN=C(NCCCCNc1ccccn1)N(C)CC1CCOC1. The summed E-state index contributed by atoms with van der Waals surface area (Å²) in [5, 5.41) is 6.76. The van der Waals surface area contributed by atoms with Crippen LogP contribution in [0.4, 0.5) is 5.82 Å². The maximum atomic E-state index is 5.43. The molecule has 0 radical (unpaired) electrons. The van der Waals surface area contributed by atoms with E-state index >= 15 is 0 Å². The molecule has 6 heteroatoms. The quantitative estimate of drug-likeness (QED) is 0.435. The van der Waals surface area contributed by atoms with Crippen molar-refractivity contribution in [3.8, 4) is 0 Å². The highest BCUT2D eigenvalue weighted by atomic mass is 16.5. The van der Waals surface area contributed by atoms with Crippen molar-refractivity contribution in [3.63, 3.8) is 0 Å². The minimum absolute atomic E-state index is 0.626. The Morgan fingerprint density at radius 1 is 1.39 bits per heavy atom. The average Bonchev–Trinajstić information content (AvgIpc) is 3.08. The lowest BCUT2D eigenvalue weighted by atomic mass is 10.1. The Balaban J connectivity index is 1.56. The van der Waals surface area contributed by atoms with Crippen LogP contribution >= 0.6 is 0 Å². The lowest BCUT2D eigenvalue weighted by Gasteiger charge is -2.24. The fourth-order valence-corrected chi connectivity index (χ4v) is 2.72. The average molecular weight is 319 g/mol. The second kappa shape index (κ2) is 10.0. The van der Waals surface area contributed by atoms with E-state index in [9.17, 15) is 0 Å². The summed E-state index contributed by atoms with van der Waals surface area (Å²) in [6, 6.07) is 5.91. The molecule has 2 rings (SSSR count). The van der Waals surface area contributed by atoms with Gasteiger partial charge < -0.3 is 20.3 Å². The maximum Gasteiger partial charge on any atom is 0.193 e. The van der Waals surface area contributed by atoms with E-state index in [0.717, 1.165) is 63.9 Å². The van der Waals surface area contributed by atoms with Crippen LogP contribution in [0, 0.1) is 5.92 Å². The zero-order valence-corrected chi connectivity index (χ0v) is 14.3. The third kappa shape index (κ3) is 6.44. The number of hydrogen-bond acceptors (Lipinski definition) is 4. The van der Waals surface area contributed by atoms with Gasteiger partial charge in [0, 0.05) is 52.5 Å². The number of aromatic nitrogens is 1. The van der Waals surface area contributed by atoms with Gasteiger partial charge in [0.2, 0.25) is 0 Å². The molecule has 1 unspecified atom stereocenters. The lowest BCUT2D eigenvalue weighted by molar-refractivity contribution is 0.181. The van der Waals surface area contributed by atoms with E-state index in [1.807, 2.05) is 25.2 Å². The van der Waals surface area contributed by atoms with Crippen molar-refractivity contribution < 1.29 is 4.74 Å². The number of anilines is 1. The standard InChI is InChI=1S/C17H29N5O/c1-18-17(22(2)13-15-8-12-23-14-15)21-11-6-5-10-20-16-7-3-4-9-19-16/h3-4,7,9,15H,5-6,8,10-14H2,1-2H3,(H,18,21)(H,19,20). The number of aliphatic imine (C=N–C) groups is 1. The van der Waals surface area contributed by atoms with Crippen LogP contribution in [-0.4, -0.2) is 62.8 Å². The predicted molar refractivity (Wildman–Crippen MR) is 94.9 cm³/mol. The van der Waals surface area contributed by atoms with Crippen molar-refractivity contribution >= 4 is 11.8 Å². The van der Waals surface area contributed by atoms with Crippen molar-refractivity contribution in [2.75, 3.05) is 52.3 Å². The molecule has 1 aromatic heterocycles.